The second kappa shape index (κ2) is 5.58. The van der Waals surface area contributed by atoms with Crippen molar-refractivity contribution in [2.75, 3.05) is 11.9 Å². The number of aromatic hydroxyl groups is 1. The normalized spacial score (nSPS) is 17.7. The number of hydrogen-bond donors (Lipinski definition) is 2. The molecule has 0 bridgehead atoms. The van der Waals surface area contributed by atoms with Crippen molar-refractivity contribution in [1.29, 1.82) is 0 Å². The zero-order valence-electron chi connectivity index (χ0n) is 11.9. The second-order valence-corrected chi connectivity index (χ2v) is 5.28. The van der Waals surface area contributed by atoms with Crippen LogP contribution in [0.3, 0.4) is 0 Å². The van der Waals surface area contributed by atoms with Gasteiger partial charge in [0.1, 0.15) is 5.75 Å². The zero-order valence-corrected chi connectivity index (χ0v) is 11.9. The van der Waals surface area contributed by atoms with Crippen LogP contribution in [0.4, 0.5) is 5.69 Å². The fourth-order valence-corrected chi connectivity index (χ4v) is 2.72. The molecule has 2 aromatic rings. The molecule has 1 unspecified atom stereocenters. The number of anilines is 1. The number of nitrogens with zero attached hydrogens (tertiary/aromatic N) is 1. The maximum absolute atomic E-state index is 12.1. The number of carbonyl (C=O) groups excluding carboxylic acids is 1. The Balaban J connectivity index is 1.82. The van der Waals surface area contributed by atoms with Crippen LogP contribution in [-0.2, 0) is 11.3 Å². The molecule has 1 aliphatic rings. The Bertz CT molecular complexity index is 669. The number of nitrogens with one attached hydrogen (secondary N) is 1. The first-order valence-corrected chi connectivity index (χ1v) is 7.02. The van der Waals surface area contributed by atoms with Crippen molar-refractivity contribution in [3.63, 3.8) is 0 Å². The molecule has 0 saturated carbocycles. The van der Waals surface area contributed by atoms with Crippen molar-refractivity contribution in [3.8, 4) is 5.75 Å². The molecule has 2 N–H and O–H groups in total. The van der Waals surface area contributed by atoms with Crippen molar-refractivity contribution in [2.24, 2.45) is 0 Å². The van der Waals surface area contributed by atoms with Crippen LogP contribution >= 0.6 is 0 Å². The van der Waals surface area contributed by atoms with Gasteiger partial charge in [-0.25, -0.2) is 0 Å². The highest BCUT2D eigenvalue weighted by Gasteiger charge is 2.28. The van der Waals surface area contributed by atoms with Crippen molar-refractivity contribution >= 4 is 11.6 Å². The van der Waals surface area contributed by atoms with E-state index in [1.165, 1.54) is 0 Å². The molecule has 0 aliphatic carbocycles. The minimum Gasteiger partial charge on any atom is -0.508 e. The summed E-state index contributed by atoms with van der Waals surface area (Å²) in [5, 5.41) is 13.2. The molecule has 0 radical (unpaired) electrons. The summed E-state index contributed by atoms with van der Waals surface area (Å²) in [5.41, 5.74) is 2.90. The van der Waals surface area contributed by atoms with Gasteiger partial charge in [-0.1, -0.05) is 36.4 Å². The Kier molecular flexibility index (Phi) is 3.62. The number of phenols is 1. The van der Waals surface area contributed by atoms with E-state index >= 15 is 0 Å². The summed E-state index contributed by atoms with van der Waals surface area (Å²) >= 11 is 0. The molecular formula is C17H18N2O2. The zero-order chi connectivity index (χ0) is 14.8. The van der Waals surface area contributed by atoms with E-state index in [4.69, 9.17) is 0 Å². The Morgan fingerprint density at radius 2 is 1.90 bits per heavy atom. The number of benzene rings is 2. The van der Waals surface area contributed by atoms with Crippen molar-refractivity contribution in [1.82, 2.24) is 5.32 Å². The van der Waals surface area contributed by atoms with E-state index in [1.807, 2.05) is 36.4 Å². The predicted molar refractivity (Wildman–Crippen MR) is 82.2 cm³/mol. The van der Waals surface area contributed by atoms with Gasteiger partial charge in [-0.15, -0.1) is 0 Å². The molecule has 0 fully saturated rings. The maximum Gasteiger partial charge on any atom is 0.228 e. The standard InChI is InChI=1S/C17H18N2O2/c1-19-15-8-4-3-7-13(15)14(10-17(19)21)18-11-12-6-2-5-9-16(12)20/h2-9,14,18,20H,10-11H2,1H3. The smallest absolute Gasteiger partial charge is 0.228 e. The van der Waals surface area contributed by atoms with E-state index in [0.29, 0.717) is 13.0 Å². The number of phenolic OH excluding ortho intramolecular Hbond substituents is 1. The summed E-state index contributed by atoms with van der Waals surface area (Å²) in [6.45, 7) is 0.530. The first-order valence-electron chi connectivity index (χ1n) is 7.02. The van der Waals surface area contributed by atoms with Crippen molar-refractivity contribution in [2.45, 2.75) is 19.0 Å². The fraction of sp³-hybridized carbons (Fsp3) is 0.235. The Morgan fingerprint density at radius 1 is 1.19 bits per heavy atom. The van der Waals surface area contributed by atoms with E-state index in [0.717, 1.165) is 16.8 Å². The van der Waals surface area contributed by atoms with Crippen molar-refractivity contribution < 1.29 is 9.90 Å². The molecule has 4 heteroatoms. The highest BCUT2D eigenvalue weighted by atomic mass is 16.3. The average molecular weight is 282 g/mol. The van der Waals surface area contributed by atoms with Gasteiger partial charge < -0.3 is 15.3 Å². The Morgan fingerprint density at radius 3 is 2.71 bits per heavy atom. The van der Waals surface area contributed by atoms with Crippen LogP contribution in [0, 0.1) is 0 Å². The van der Waals surface area contributed by atoms with Gasteiger partial charge in [0.15, 0.2) is 0 Å². The molecule has 1 atom stereocenters. The summed E-state index contributed by atoms with van der Waals surface area (Å²) in [7, 11) is 1.81. The summed E-state index contributed by atoms with van der Waals surface area (Å²) in [6, 6.07) is 15.1. The molecule has 1 aliphatic heterocycles. The molecule has 0 aromatic heterocycles. The fourth-order valence-electron chi connectivity index (χ4n) is 2.72. The molecular weight excluding hydrogens is 264 g/mol. The Hall–Kier alpha value is -2.33. The molecule has 0 saturated heterocycles. The SMILES string of the molecule is CN1C(=O)CC(NCc2ccccc2O)c2ccccc21. The lowest BCUT2D eigenvalue weighted by atomic mass is 9.96. The summed E-state index contributed by atoms with van der Waals surface area (Å²) in [5.74, 6) is 0.376. The number of rotatable bonds is 3. The molecule has 0 spiro atoms. The van der Waals surface area contributed by atoms with E-state index in [-0.39, 0.29) is 17.7 Å². The minimum absolute atomic E-state index is 0.0236. The van der Waals surface area contributed by atoms with Gasteiger partial charge in [-0.3, -0.25) is 4.79 Å². The third kappa shape index (κ3) is 2.62. The summed E-state index contributed by atoms with van der Waals surface area (Å²) in [4.78, 5) is 13.8. The number of fused-ring (bicyclic) bond motifs is 1. The van der Waals surface area contributed by atoms with Crippen LogP contribution in [0.5, 0.6) is 5.75 Å². The molecule has 3 rings (SSSR count). The molecule has 1 heterocycles. The third-order valence-electron chi connectivity index (χ3n) is 3.96. The lowest BCUT2D eigenvalue weighted by Crippen LogP contribution is -2.37. The van der Waals surface area contributed by atoms with Gasteiger partial charge in [-0.05, 0) is 17.7 Å². The maximum atomic E-state index is 12.1. The highest BCUT2D eigenvalue weighted by molar-refractivity contribution is 5.96. The van der Waals surface area contributed by atoms with Crippen LogP contribution in [0.1, 0.15) is 23.6 Å². The highest BCUT2D eigenvalue weighted by Crippen LogP contribution is 2.33. The van der Waals surface area contributed by atoms with Crippen LogP contribution in [0.15, 0.2) is 48.5 Å². The summed E-state index contributed by atoms with van der Waals surface area (Å²) < 4.78 is 0. The largest absolute Gasteiger partial charge is 0.508 e. The second-order valence-electron chi connectivity index (χ2n) is 5.28. The van der Waals surface area contributed by atoms with Gasteiger partial charge in [0.05, 0.1) is 0 Å². The first-order chi connectivity index (χ1) is 10.2. The molecule has 108 valence electrons. The minimum atomic E-state index is -0.0236. The average Bonchev–Trinajstić information content (AvgIpc) is 2.51. The first kappa shape index (κ1) is 13.6. The quantitative estimate of drug-likeness (QED) is 0.910. The molecule has 4 nitrogen and oxygen atoms in total. The summed E-state index contributed by atoms with van der Waals surface area (Å²) in [6.07, 6.45) is 0.432. The lowest BCUT2D eigenvalue weighted by molar-refractivity contribution is -0.119. The number of carbonyl (C=O) groups is 1. The van der Waals surface area contributed by atoms with Crippen LogP contribution in [0.2, 0.25) is 0 Å². The number of para-hydroxylation sites is 2. The number of amides is 1. The Labute approximate surface area is 124 Å². The van der Waals surface area contributed by atoms with E-state index in [9.17, 15) is 9.90 Å². The van der Waals surface area contributed by atoms with Crippen LogP contribution < -0.4 is 10.2 Å². The number of hydrogen-bond acceptors (Lipinski definition) is 3. The van der Waals surface area contributed by atoms with Crippen molar-refractivity contribution in [3.05, 3.63) is 59.7 Å². The van der Waals surface area contributed by atoms with Gasteiger partial charge in [-0.2, -0.15) is 0 Å². The van der Waals surface area contributed by atoms with E-state index in [1.54, 1.807) is 24.1 Å². The van der Waals surface area contributed by atoms with Gasteiger partial charge in [0.2, 0.25) is 5.91 Å². The third-order valence-corrected chi connectivity index (χ3v) is 3.96. The van der Waals surface area contributed by atoms with Crippen LogP contribution in [-0.4, -0.2) is 18.1 Å². The topological polar surface area (TPSA) is 52.6 Å². The molecule has 2 aromatic carbocycles. The van der Waals surface area contributed by atoms with Gasteiger partial charge in [0, 0.05) is 37.3 Å². The molecule has 1 amide bonds. The van der Waals surface area contributed by atoms with Crippen LogP contribution in [0.25, 0.3) is 0 Å². The van der Waals surface area contributed by atoms with E-state index in [2.05, 4.69) is 5.32 Å². The van der Waals surface area contributed by atoms with Gasteiger partial charge >= 0.3 is 0 Å². The molecule has 21 heavy (non-hydrogen) atoms. The van der Waals surface area contributed by atoms with E-state index < -0.39 is 0 Å². The predicted octanol–water partition coefficient (Wildman–Crippen LogP) is 2.59. The lowest BCUT2D eigenvalue weighted by Gasteiger charge is -2.32. The monoisotopic (exact) mass is 282 g/mol. The van der Waals surface area contributed by atoms with Gasteiger partial charge in [0.25, 0.3) is 0 Å².